The van der Waals surface area contributed by atoms with E-state index in [2.05, 4.69) is 25.8 Å². The van der Waals surface area contributed by atoms with Crippen LogP contribution in [0, 0.1) is 0 Å². The molecular weight excluding hydrogens is 292 g/mol. The van der Waals surface area contributed by atoms with Gasteiger partial charge in [0.2, 0.25) is 0 Å². The van der Waals surface area contributed by atoms with Crippen LogP contribution in [0.5, 0.6) is 0 Å². The van der Waals surface area contributed by atoms with Crippen molar-refractivity contribution in [3.63, 3.8) is 0 Å². The summed E-state index contributed by atoms with van der Waals surface area (Å²) in [6.45, 7) is 3.29. The third-order valence-electron chi connectivity index (χ3n) is 1.71. The number of amidine groups is 1. The molecule has 0 aromatic rings. The summed E-state index contributed by atoms with van der Waals surface area (Å²) >= 11 is 5.45. The number of alkyl halides is 1. The molecule has 0 saturated carbocycles. The van der Waals surface area contributed by atoms with Gasteiger partial charge in [0.05, 0.1) is 11.4 Å². The lowest BCUT2D eigenvalue weighted by molar-refractivity contribution is -0.00000187. The van der Waals surface area contributed by atoms with Crippen molar-refractivity contribution in [3.8, 4) is 0 Å². The summed E-state index contributed by atoms with van der Waals surface area (Å²) in [7, 11) is 0. The summed E-state index contributed by atoms with van der Waals surface area (Å²) in [5.41, 5.74) is 0. The minimum atomic E-state index is 0. The van der Waals surface area contributed by atoms with Gasteiger partial charge in [-0.15, -0.1) is 0 Å². The first kappa shape index (κ1) is 9.86. The molecule has 1 unspecified atom stereocenters. The number of fused-ring (bicyclic) bond motifs is 1. The van der Waals surface area contributed by atoms with Crippen LogP contribution in [0.4, 0.5) is 0 Å². The molecule has 1 fully saturated rings. The van der Waals surface area contributed by atoms with Crippen molar-refractivity contribution in [1.29, 1.82) is 0 Å². The predicted molar refractivity (Wildman–Crippen MR) is 49.0 cm³/mol. The Kier molecular flexibility index (Phi) is 3.71. The maximum Gasteiger partial charge on any atom is 0.159 e. The van der Waals surface area contributed by atoms with Crippen LogP contribution in [-0.4, -0.2) is 40.3 Å². The highest BCUT2D eigenvalue weighted by Crippen LogP contribution is 2.23. The van der Waals surface area contributed by atoms with E-state index in [0.29, 0.717) is 4.83 Å². The van der Waals surface area contributed by atoms with Gasteiger partial charge in [0.1, 0.15) is 0 Å². The van der Waals surface area contributed by atoms with E-state index < -0.39 is 0 Å². The number of halogens is 2. The number of rotatable bonds is 0. The van der Waals surface area contributed by atoms with Crippen molar-refractivity contribution < 1.29 is 17.0 Å². The Morgan fingerprint density at radius 1 is 1.64 bits per heavy atom. The van der Waals surface area contributed by atoms with Gasteiger partial charge in [-0.25, -0.2) is 0 Å². The summed E-state index contributed by atoms with van der Waals surface area (Å²) in [5.74, 6) is 1.22. The van der Waals surface area contributed by atoms with Gasteiger partial charge in [-0.3, -0.25) is 4.99 Å². The maximum absolute atomic E-state index is 4.43. The Bertz CT molecular complexity index is 174. The van der Waals surface area contributed by atoms with Crippen LogP contribution in [-0.2, 0) is 0 Å². The molecule has 2 rings (SSSR count). The van der Waals surface area contributed by atoms with Gasteiger partial charge in [-0.1, -0.05) is 27.7 Å². The van der Waals surface area contributed by atoms with Gasteiger partial charge in [-0.2, -0.15) is 0 Å². The Balaban J connectivity index is 0.000000605. The minimum absolute atomic E-state index is 0. The third kappa shape index (κ3) is 2.12. The number of hydrogen-bond donors (Lipinski definition) is 0. The highest BCUT2D eigenvalue weighted by molar-refractivity contribution is 9.09. The fraction of sp³-hybridized carbons (Fsp3) is 0.833. The molecule has 2 aliphatic heterocycles. The quantitative estimate of drug-likeness (QED) is 0.489. The summed E-state index contributed by atoms with van der Waals surface area (Å²) in [4.78, 5) is 7.36. The van der Waals surface area contributed by atoms with E-state index in [-0.39, 0.29) is 17.0 Å². The molecule has 0 bridgehead atoms. The smallest absolute Gasteiger partial charge is 0.159 e. The van der Waals surface area contributed by atoms with Crippen LogP contribution in [0.2, 0.25) is 0 Å². The first-order chi connectivity index (χ1) is 4.86. The number of thioether (sulfide) groups is 1. The SMILES string of the molecule is BrC1CN=C2SCCN2C1.[Br-]. The van der Waals surface area contributed by atoms with Crippen molar-refractivity contribution in [1.82, 2.24) is 4.90 Å². The van der Waals surface area contributed by atoms with Crippen LogP contribution in [0.1, 0.15) is 0 Å². The van der Waals surface area contributed by atoms with E-state index in [9.17, 15) is 0 Å². The molecule has 0 N–H and O–H groups in total. The van der Waals surface area contributed by atoms with E-state index in [1.165, 1.54) is 17.5 Å². The Hall–Kier alpha value is 0.780. The van der Waals surface area contributed by atoms with Gasteiger partial charge < -0.3 is 21.9 Å². The molecule has 5 heteroatoms. The van der Waals surface area contributed by atoms with E-state index in [4.69, 9.17) is 0 Å². The van der Waals surface area contributed by atoms with Crippen LogP contribution in [0.25, 0.3) is 0 Å². The average Bonchev–Trinajstić information content (AvgIpc) is 2.33. The van der Waals surface area contributed by atoms with Gasteiger partial charge in [-0.05, 0) is 0 Å². The summed E-state index contributed by atoms with van der Waals surface area (Å²) in [6, 6.07) is 0. The predicted octanol–water partition coefficient (Wildman–Crippen LogP) is -1.83. The average molecular weight is 301 g/mol. The first-order valence-corrected chi connectivity index (χ1v) is 5.32. The Morgan fingerprint density at radius 2 is 2.45 bits per heavy atom. The maximum atomic E-state index is 4.43. The van der Waals surface area contributed by atoms with Crippen molar-refractivity contribution >= 4 is 32.9 Å². The molecule has 11 heavy (non-hydrogen) atoms. The topological polar surface area (TPSA) is 15.6 Å². The van der Waals surface area contributed by atoms with Crippen LogP contribution < -0.4 is 17.0 Å². The zero-order valence-electron chi connectivity index (χ0n) is 5.96. The number of nitrogens with zero attached hydrogens (tertiary/aromatic N) is 2. The molecule has 0 spiro atoms. The fourth-order valence-corrected chi connectivity index (χ4v) is 2.73. The Morgan fingerprint density at radius 3 is 3.27 bits per heavy atom. The molecule has 2 aliphatic rings. The van der Waals surface area contributed by atoms with Crippen molar-refractivity contribution in [2.24, 2.45) is 4.99 Å². The second-order valence-electron chi connectivity index (χ2n) is 2.52. The zero-order chi connectivity index (χ0) is 6.97. The summed E-state index contributed by atoms with van der Waals surface area (Å²) in [5, 5.41) is 1.26. The molecule has 0 aromatic heterocycles. The third-order valence-corrected chi connectivity index (χ3v) is 3.32. The van der Waals surface area contributed by atoms with Crippen LogP contribution in [0.15, 0.2) is 4.99 Å². The highest BCUT2D eigenvalue weighted by Gasteiger charge is 2.24. The minimum Gasteiger partial charge on any atom is -1.00 e. The normalized spacial score (nSPS) is 29.0. The standard InChI is InChI=1S/C6H9BrN2S.BrH/c7-5-3-8-6-9(4-5)1-2-10-6;/h5H,1-4H2;1H/p-1. The second kappa shape index (κ2) is 4.14. The summed E-state index contributed by atoms with van der Waals surface area (Å²) in [6.07, 6.45) is 0. The lowest BCUT2D eigenvalue weighted by Gasteiger charge is -2.24. The van der Waals surface area contributed by atoms with Crippen LogP contribution in [0.3, 0.4) is 0 Å². The monoisotopic (exact) mass is 299 g/mol. The van der Waals surface area contributed by atoms with E-state index in [1.807, 2.05) is 11.8 Å². The molecule has 2 heterocycles. The second-order valence-corrected chi connectivity index (χ2v) is 4.87. The summed E-state index contributed by atoms with van der Waals surface area (Å²) < 4.78 is 0. The van der Waals surface area contributed by atoms with Crippen molar-refractivity contribution in [2.45, 2.75) is 4.83 Å². The number of aliphatic imine (C=N–C) groups is 1. The van der Waals surface area contributed by atoms with Gasteiger partial charge in [0.25, 0.3) is 0 Å². The van der Waals surface area contributed by atoms with Crippen molar-refractivity contribution in [2.75, 3.05) is 25.4 Å². The molecule has 64 valence electrons. The van der Waals surface area contributed by atoms with E-state index in [0.717, 1.165) is 13.1 Å². The Labute approximate surface area is 89.7 Å². The largest absolute Gasteiger partial charge is 1.00 e. The van der Waals surface area contributed by atoms with Gasteiger partial charge in [0, 0.05) is 18.8 Å². The number of hydrogen-bond acceptors (Lipinski definition) is 3. The van der Waals surface area contributed by atoms with Crippen molar-refractivity contribution in [3.05, 3.63) is 0 Å². The molecule has 0 radical (unpaired) electrons. The van der Waals surface area contributed by atoms with Gasteiger partial charge >= 0.3 is 0 Å². The molecule has 0 aromatic carbocycles. The zero-order valence-corrected chi connectivity index (χ0v) is 9.95. The van der Waals surface area contributed by atoms with Crippen LogP contribution >= 0.6 is 27.7 Å². The molecule has 2 nitrogen and oxygen atoms in total. The molecule has 0 amide bonds. The van der Waals surface area contributed by atoms with E-state index >= 15 is 0 Å². The first-order valence-electron chi connectivity index (χ1n) is 3.42. The molecule has 1 saturated heterocycles. The lowest BCUT2D eigenvalue weighted by Crippen LogP contribution is -3.00. The lowest BCUT2D eigenvalue weighted by atomic mass is 10.3. The van der Waals surface area contributed by atoms with Gasteiger partial charge in [0.15, 0.2) is 5.17 Å². The highest BCUT2D eigenvalue weighted by atomic mass is 79.9. The fourth-order valence-electron chi connectivity index (χ4n) is 1.22. The molecule has 0 aliphatic carbocycles. The van der Waals surface area contributed by atoms with E-state index in [1.54, 1.807) is 0 Å². The molecule has 1 atom stereocenters. The molecular formula is C6H9Br2N2S-.